The van der Waals surface area contributed by atoms with E-state index in [4.69, 9.17) is 10.5 Å². The smallest absolute Gasteiger partial charge is 0.229 e. The summed E-state index contributed by atoms with van der Waals surface area (Å²) in [5.41, 5.74) is 8.55. The van der Waals surface area contributed by atoms with Gasteiger partial charge in [0.05, 0.1) is 7.11 Å². The molecule has 0 aliphatic carbocycles. The number of methoxy groups -OCH3 is 1. The predicted molar refractivity (Wildman–Crippen MR) is 111 cm³/mol. The SMILES string of the molecule is COc1cccc(Nc2ncc(C3CCN(CC(C)(C)C)CC3)c(N)n2)c1. The van der Waals surface area contributed by atoms with Crippen molar-refractivity contribution >= 4 is 17.5 Å². The largest absolute Gasteiger partial charge is 0.497 e. The summed E-state index contributed by atoms with van der Waals surface area (Å²) in [6, 6.07) is 7.67. The third-order valence-electron chi connectivity index (χ3n) is 4.90. The van der Waals surface area contributed by atoms with E-state index in [1.165, 1.54) is 0 Å². The van der Waals surface area contributed by atoms with Crippen molar-refractivity contribution in [2.75, 3.05) is 37.8 Å². The van der Waals surface area contributed by atoms with Crippen LogP contribution in [0.25, 0.3) is 0 Å². The van der Waals surface area contributed by atoms with Gasteiger partial charge in [-0.3, -0.25) is 0 Å². The molecule has 0 bridgehead atoms. The summed E-state index contributed by atoms with van der Waals surface area (Å²) in [5, 5.41) is 3.19. The molecule has 1 aromatic carbocycles. The molecule has 2 aromatic rings. The zero-order chi connectivity index (χ0) is 19.4. The molecule has 2 heterocycles. The number of rotatable bonds is 5. The van der Waals surface area contributed by atoms with E-state index in [2.05, 4.69) is 41.0 Å². The fourth-order valence-electron chi connectivity index (χ4n) is 3.68. The monoisotopic (exact) mass is 369 g/mol. The maximum Gasteiger partial charge on any atom is 0.229 e. The van der Waals surface area contributed by atoms with Crippen molar-refractivity contribution in [2.24, 2.45) is 5.41 Å². The number of nitrogens with two attached hydrogens (primary N) is 1. The second kappa shape index (κ2) is 8.13. The maximum absolute atomic E-state index is 6.27. The van der Waals surface area contributed by atoms with E-state index in [1.54, 1.807) is 7.11 Å². The molecular formula is C21H31N5O. The minimum Gasteiger partial charge on any atom is -0.497 e. The third-order valence-corrected chi connectivity index (χ3v) is 4.90. The highest BCUT2D eigenvalue weighted by atomic mass is 16.5. The number of aromatic nitrogens is 2. The topological polar surface area (TPSA) is 76.3 Å². The molecular weight excluding hydrogens is 338 g/mol. The van der Waals surface area contributed by atoms with Gasteiger partial charge in [-0.15, -0.1) is 0 Å². The lowest BCUT2D eigenvalue weighted by Gasteiger charge is -2.36. The standard InChI is InChI=1S/C21H31N5O/c1-21(2,3)14-26-10-8-15(9-11-26)18-13-23-20(25-19(18)22)24-16-6-5-7-17(12-16)27-4/h5-7,12-13,15H,8-11,14H2,1-4H3,(H3,22,23,24,25). The number of nitrogens with zero attached hydrogens (tertiary/aromatic N) is 3. The number of benzene rings is 1. The minimum absolute atomic E-state index is 0.336. The molecule has 3 N–H and O–H groups in total. The van der Waals surface area contributed by atoms with Crippen LogP contribution in [0.2, 0.25) is 0 Å². The predicted octanol–water partition coefficient (Wildman–Crippen LogP) is 4.04. The average Bonchev–Trinajstić information content (AvgIpc) is 2.62. The first-order chi connectivity index (χ1) is 12.8. The summed E-state index contributed by atoms with van der Waals surface area (Å²) in [4.78, 5) is 11.5. The normalized spacial score (nSPS) is 16.3. The molecule has 0 radical (unpaired) electrons. The summed E-state index contributed by atoms with van der Waals surface area (Å²) in [5.74, 6) is 2.30. The van der Waals surface area contributed by atoms with Crippen LogP contribution in [-0.2, 0) is 0 Å². The first kappa shape index (κ1) is 19.4. The molecule has 3 rings (SSSR count). The molecule has 0 saturated carbocycles. The highest BCUT2D eigenvalue weighted by molar-refractivity contribution is 5.57. The molecule has 0 unspecified atom stereocenters. The van der Waals surface area contributed by atoms with Crippen molar-refractivity contribution in [2.45, 2.75) is 39.5 Å². The Bertz CT molecular complexity index is 763. The van der Waals surface area contributed by atoms with E-state index in [9.17, 15) is 0 Å². The van der Waals surface area contributed by atoms with Gasteiger partial charge in [0.15, 0.2) is 0 Å². The lowest BCUT2D eigenvalue weighted by atomic mass is 9.88. The van der Waals surface area contributed by atoms with Crippen LogP contribution in [0.5, 0.6) is 5.75 Å². The van der Waals surface area contributed by atoms with E-state index in [0.29, 0.717) is 23.1 Å². The molecule has 0 atom stereocenters. The summed E-state index contributed by atoms with van der Waals surface area (Å²) in [7, 11) is 1.65. The Morgan fingerprint density at radius 2 is 2.00 bits per heavy atom. The quantitative estimate of drug-likeness (QED) is 0.828. The Labute approximate surface area is 162 Å². The Balaban J connectivity index is 1.63. The Kier molecular flexibility index (Phi) is 5.85. The minimum atomic E-state index is 0.336. The number of nitrogen functional groups attached to an aromatic ring is 1. The van der Waals surface area contributed by atoms with Gasteiger partial charge < -0.3 is 20.7 Å². The van der Waals surface area contributed by atoms with Crippen LogP contribution in [-0.4, -0.2) is 41.6 Å². The van der Waals surface area contributed by atoms with Gasteiger partial charge >= 0.3 is 0 Å². The van der Waals surface area contributed by atoms with Crippen LogP contribution in [0, 0.1) is 5.41 Å². The van der Waals surface area contributed by atoms with Gasteiger partial charge in [-0.05, 0) is 49.4 Å². The Morgan fingerprint density at radius 3 is 2.63 bits per heavy atom. The summed E-state index contributed by atoms with van der Waals surface area (Å²) >= 11 is 0. The third kappa shape index (κ3) is 5.32. The molecule has 6 nitrogen and oxygen atoms in total. The fourth-order valence-corrected chi connectivity index (χ4v) is 3.68. The average molecular weight is 370 g/mol. The van der Waals surface area contributed by atoms with Crippen molar-refractivity contribution in [1.29, 1.82) is 0 Å². The lowest BCUT2D eigenvalue weighted by molar-refractivity contribution is 0.154. The van der Waals surface area contributed by atoms with Crippen LogP contribution >= 0.6 is 0 Å². The van der Waals surface area contributed by atoms with E-state index >= 15 is 0 Å². The van der Waals surface area contributed by atoms with Crippen molar-refractivity contribution in [3.63, 3.8) is 0 Å². The van der Waals surface area contributed by atoms with Crippen molar-refractivity contribution < 1.29 is 4.74 Å². The molecule has 1 aliphatic heterocycles. The number of nitrogens with one attached hydrogen (secondary N) is 1. The van der Waals surface area contributed by atoms with Gasteiger partial charge in [-0.25, -0.2) is 4.98 Å². The molecule has 1 fully saturated rings. The van der Waals surface area contributed by atoms with Crippen LogP contribution in [0.4, 0.5) is 17.5 Å². The zero-order valence-corrected chi connectivity index (χ0v) is 16.8. The van der Waals surface area contributed by atoms with Crippen LogP contribution in [0.1, 0.15) is 45.1 Å². The van der Waals surface area contributed by atoms with E-state index in [-0.39, 0.29) is 0 Å². The summed E-state index contributed by atoms with van der Waals surface area (Å²) < 4.78 is 5.24. The van der Waals surface area contributed by atoms with Crippen molar-refractivity contribution in [1.82, 2.24) is 14.9 Å². The number of ether oxygens (including phenoxy) is 1. The molecule has 1 saturated heterocycles. The van der Waals surface area contributed by atoms with Gasteiger partial charge in [-0.2, -0.15) is 4.98 Å². The van der Waals surface area contributed by atoms with Crippen LogP contribution < -0.4 is 15.8 Å². The molecule has 1 aliphatic rings. The second-order valence-electron chi connectivity index (χ2n) is 8.50. The van der Waals surface area contributed by atoms with Crippen molar-refractivity contribution in [3.05, 3.63) is 36.0 Å². The first-order valence-electron chi connectivity index (χ1n) is 9.60. The molecule has 6 heteroatoms. The Hall–Kier alpha value is -2.34. The Morgan fingerprint density at radius 1 is 1.26 bits per heavy atom. The zero-order valence-electron chi connectivity index (χ0n) is 16.8. The fraction of sp³-hybridized carbons (Fsp3) is 0.524. The number of piperidine rings is 1. The number of anilines is 3. The molecule has 1 aromatic heterocycles. The number of hydrogen-bond acceptors (Lipinski definition) is 6. The summed E-state index contributed by atoms with van der Waals surface area (Å²) in [6.07, 6.45) is 4.09. The highest BCUT2D eigenvalue weighted by Gasteiger charge is 2.25. The molecule has 0 spiro atoms. The van der Waals surface area contributed by atoms with Crippen molar-refractivity contribution in [3.8, 4) is 5.75 Å². The number of hydrogen-bond donors (Lipinski definition) is 2. The maximum atomic E-state index is 6.27. The number of likely N-dealkylation sites (tertiary alicyclic amines) is 1. The lowest BCUT2D eigenvalue weighted by Crippen LogP contribution is -2.38. The molecule has 27 heavy (non-hydrogen) atoms. The molecule has 146 valence electrons. The van der Waals surface area contributed by atoms with Gasteiger partial charge in [0, 0.05) is 30.1 Å². The second-order valence-corrected chi connectivity index (χ2v) is 8.50. The van der Waals surface area contributed by atoms with Gasteiger partial charge in [0.25, 0.3) is 0 Å². The van der Waals surface area contributed by atoms with Gasteiger partial charge in [0.1, 0.15) is 11.6 Å². The first-order valence-corrected chi connectivity index (χ1v) is 9.60. The van der Waals surface area contributed by atoms with E-state index in [1.807, 2.05) is 30.5 Å². The molecule has 0 amide bonds. The van der Waals surface area contributed by atoms with Crippen LogP contribution in [0.15, 0.2) is 30.5 Å². The van der Waals surface area contributed by atoms with E-state index in [0.717, 1.165) is 49.5 Å². The van der Waals surface area contributed by atoms with Crippen LogP contribution in [0.3, 0.4) is 0 Å². The summed E-state index contributed by atoms with van der Waals surface area (Å²) in [6.45, 7) is 10.2. The highest BCUT2D eigenvalue weighted by Crippen LogP contribution is 2.32. The van der Waals surface area contributed by atoms with Gasteiger partial charge in [0.2, 0.25) is 5.95 Å². The van der Waals surface area contributed by atoms with E-state index < -0.39 is 0 Å². The van der Waals surface area contributed by atoms with Gasteiger partial charge in [-0.1, -0.05) is 26.8 Å².